The maximum Gasteiger partial charge on any atom is 0.338 e. The fourth-order valence-corrected chi connectivity index (χ4v) is 21.9. The van der Waals surface area contributed by atoms with Crippen LogP contribution in [0.4, 0.5) is 0 Å². The Morgan fingerprint density at radius 3 is 0.622 bits per heavy atom. The Morgan fingerprint density at radius 1 is 0.277 bits per heavy atom. The Bertz CT molecular complexity index is 3310. The number of hydrogen-bond donors (Lipinski definition) is 5. The second-order valence-electron chi connectivity index (χ2n) is 45.3. The van der Waals surface area contributed by atoms with E-state index < -0.39 is 162 Å². The zero-order chi connectivity index (χ0) is 89.2. The number of nitrogens with one attached hydrogen (secondary N) is 5. The average Bonchev–Trinajstić information content (AvgIpc) is 0.785. The molecule has 1 unspecified atom stereocenters. The lowest BCUT2D eigenvalue weighted by Crippen LogP contribution is -2.61. The Hall–Kier alpha value is -5.75. The minimum absolute atomic E-state index is 0.00347. The highest BCUT2D eigenvalue weighted by molar-refractivity contribution is 6.03. The van der Waals surface area contributed by atoms with Crippen LogP contribution < -0.4 is 26.6 Å². The monoisotopic (exact) mass is 1670 g/mol. The molecule has 0 spiro atoms. The maximum absolute atomic E-state index is 15.5. The molecular weight excluding hydrogens is 1510 g/mol. The van der Waals surface area contributed by atoms with Gasteiger partial charge in [-0.05, 0) is 251 Å². The Morgan fingerprint density at radius 2 is 0.445 bits per heavy atom. The standard InChI is InChI=1S/C96H161N5O18/c1-28-31-40-94(77(106)115-68-54-84(8,9)97-85(10,11)55-68,76(105)114-67-52-82(4,5)38-34-39-83(6,7)53-67)43-35-46-111-73(102)64-49-65(74(103)112-47-36-44-95(41-32-29-2,78(107)116-69-56-86(12,13)98-87(14,15)57-69)79(108)117-70-58-88(16,17)99-89(18,19)59-70)51-66(50-64)75(104)113-48-37-45-96(42-33-30-3,80(109)118-71-60-90(20,21)100-91(22,23)61-71)81(110)119-72-62-92(24,25)101-93(26,27)63-72/h49-51,67-72,97-101H,28-48,52-63H2,1-27H3. The molecular formula is C96H161N5O18. The molecule has 5 N–H and O–H groups in total. The predicted molar refractivity (Wildman–Crippen MR) is 463 cm³/mol. The van der Waals surface area contributed by atoms with Gasteiger partial charge in [0.05, 0.1) is 36.5 Å². The van der Waals surface area contributed by atoms with Crippen molar-refractivity contribution in [1.82, 2.24) is 26.6 Å². The summed E-state index contributed by atoms with van der Waals surface area (Å²) in [5, 5.41) is 18.3. The van der Waals surface area contributed by atoms with Gasteiger partial charge in [0.2, 0.25) is 0 Å². The predicted octanol–water partition coefficient (Wildman–Crippen LogP) is 18.2. The van der Waals surface area contributed by atoms with E-state index in [1.165, 1.54) is 18.2 Å². The number of hydrogen-bond acceptors (Lipinski definition) is 23. The number of ether oxygens (including phenoxy) is 9. The molecule has 6 fully saturated rings. The molecule has 119 heavy (non-hydrogen) atoms. The van der Waals surface area contributed by atoms with E-state index in [9.17, 15) is 14.4 Å². The van der Waals surface area contributed by atoms with Crippen LogP contribution >= 0.6 is 0 Å². The molecule has 1 aromatic rings. The van der Waals surface area contributed by atoms with Gasteiger partial charge in [-0.15, -0.1) is 0 Å². The summed E-state index contributed by atoms with van der Waals surface area (Å²) in [5.74, 6) is -6.97. The topological polar surface area (TPSA) is 297 Å². The van der Waals surface area contributed by atoms with Gasteiger partial charge in [-0.1, -0.05) is 93.4 Å². The molecule has 6 aliphatic rings. The summed E-state index contributed by atoms with van der Waals surface area (Å²) >= 11 is 0. The van der Waals surface area contributed by atoms with Gasteiger partial charge in [-0.3, -0.25) is 28.8 Å². The van der Waals surface area contributed by atoms with Crippen LogP contribution in [-0.2, 0) is 71.4 Å². The first kappa shape index (κ1) is 100. The van der Waals surface area contributed by atoms with Crippen molar-refractivity contribution in [1.29, 1.82) is 0 Å². The van der Waals surface area contributed by atoms with Crippen LogP contribution in [0.2, 0.25) is 0 Å². The van der Waals surface area contributed by atoms with Gasteiger partial charge in [0.25, 0.3) is 0 Å². The summed E-state index contributed by atoms with van der Waals surface area (Å²) in [6.07, 6.45) is 9.47. The molecule has 7 rings (SSSR count). The van der Waals surface area contributed by atoms with Crippen LogP contribution in [-0.4, -0.2) is 166 Å². The second kappa shape index (κ2) is 39.2. The van der Waals surface area contributed by atoms with E-state index in [0.717, 1.165) is 19.3 Å². The van der Waals surface area contributed by atoms with Gasteiger partial charge in [0.1, 0.15) is 36.6 Å². The highest BCUT2D eigenvalue weighted by atomic mass is 16.6. The van der Waals surface area contributed by atoms with E-state index in [1.807, 2.05) is 20.8 Å². The molecule has 5 aliphatic heterocycles. The van der Waals surface area contributed by atoms with Crippen molar-refractivity contribution in [3.05, 3.63) is 34.9 Å². The number of esters is 9. The van der Waals surface area contributed by atoms with Gasteiger partial charge in [-0.25, -0.2) is 14.4 Å². The van der Waals surface area contributed by atoms with E-state index in [-0.39, 0.29) is 105 Å². The van der Waals surface area contributed by atoms with Crippen molar-refractivity contribution in [2.75, 3.05) is 19.8 Å². The van der Waals surface area contributed by atoms with E-state index in [0.29, 0.717) is 116 Å². The highest BCUT2D eigenvalue weighted by Gasteiger charge is 2.56. The first-order valence-corrected chi connectivity index (χ1v) is 45.5. The molecule has 1 saturated carbocycles. The summed E-state index contributed by atoms with van der Waals surface area (Å²) in [7, 11) is 0. The lowest BCUT2D eigenvalue weighted by Gasteiger charge is -2.47. The first-order valence-electron chi connectivity index (χ1n) is 45.5. The second-order valence-corrected chi connectivity index (χ2v) is 45.3. The molecule has 23 nitrogen and oxygen atoms in total. The molecule has 1 aromatic carbocycles. The lowest BCUT2D eigenvalue weighted by atomic mass is 9.71. The average molecular weight is 1670 g/mol. The molecule has 0 bridgehead atoms. The number of unbranched alkanes of at least 4 members (excludes halogenated alkanes) is 3. The van der Waals surface area contributed by atoms with Gasteiger partial charge < -0.3 is 69.2 Å². The van der Waals surface area contributed by atoms with Crippen LogP contribution in [0.5, 0.6) is 0 Å². The molecule has 5 saturated heterocycles. The summed E-state index contributed by atoms with van der Waals surface area (Å²) in [4.78, 5) is 137. The molecule has 0 aromatic heterocycles. The van der Waals surface area contributed by atoms with E-state index in [1.54, 1.807) is 0 Å². The molecule has 1 aliphatic carbocycles. The SMILES string of the molecule is CCCCC(CCCOC(=O)c1cc(C(=O)OCCCC(CCCC)(C(=O)OC2CC(C)(C)NC(C)(C)C2)C(=O)OC2CC(C)(C)NC(C)(C)C2)cc(C(=O)OCCCC(CCCC)(C(=O)OC2CC(C)(C)NC(C)(C)C2)C(=O)OC2CC(C)(C)NC(C)(C)C2)c1)(C(=O)OC1CC(C)(C)CCCC(C)(C)C1)C(=O)OC1CC(C)(C)NC(C)(C)C1. The fourth-order valence-electron chi connectivity index (χ4n) is 21.9. The number of benzene rings is 1. The quantitative estimate of drug-likeness (QED) is 0.0180. The smallest absolute Gasteiger partial charge is 0.338 e. The van der Waals surface area contributed by atoms with Crippen LogP contribution in [0.3, 0.4) is 0 Å². The van der Waals surface area contributed by atoms with Crippen LogP contribution in [0.15, 0.2) is 18.2 Å². The first-order chi connectivity index (χ1) is 54.6. The third kappa shape index (κ3) is 29.4. The summed E-state index contributed by atoms with van der Waals surface area (Å²) < 4.78 is 57.5. The third-order valence-corrected chi connectivity index (χ3v) is 25.5. The van der Waals surface area contributed by atoms with E-state index >= 15 is 28.8 Å². The normalized spacial score (nSPS) is 23.3. The molecule has 1 atom stereocenters. The lowest BCUT2D eigenvalue weighted by molar-refractivity contribution is -0.186. The number of carbonyl (C=O) groups excluding carboxylic acids is 9. The van der Waals surface area contributed by atoms with Crippen LogP contribution in [0.1, 0.15) is 411 Å². The molecule has 0 radical (unpaired) electrons. The summed E-state index contributed by atoms with van der Waals surface area (Å²) in [6.45, 7) is 55.0. The van der Waals surface area contributed by atoms with E-state index in [2.05, 4.69) is 193 Å². The van der Waals surface area contributed by atoms with Gasteiger partial charge >= 0.3 is 53.7 Å². The minimum Gasteiger partial charge on any atom is -0.462 e. The number of piperidine rings is 5. The minimum atomic E-state index is -1.79. The van der Waals surface area contributed by atoms with Crippen LogP contribution in [0, 0.1) is 27.1 Å². The Balaban J connectivity index is 1.22. The Labute approximate surface area is 715 Å². The Kier molecular flexibility index (Phi) is 33.1. The zero-order valence-electron chi connectivity index (χ0n) is 78.9. The van der Waals surface area contributed by atoms with Crippen molar-refractivity contribution in [3.63, 3.8) is 0 Å². The molecule has 23 heteroatoms. The third-order valence-electron chi connectivity index (χ3n) is 25.5. The van der Waals surface area contributed by atoms with Gasteiger partial charge in [0.15, 0.2) is 16.2 Å². The van der Waals surface area contributed by atoms with Gasteiger partial charge in [-0.2, -0.15) is 0 Å². The highest BCUT2D eigenvalue weighted by Crippen LogP contribution is 2.47. The summed E-state index contributed by atoms with van der Waals surface area (Å²) in [5.41, 5.74) is -10.3. The van der Waals surface area contributed by atoms with Crippen LogP contribution in [0.25, 0.3) is 0 Å². The fraction of sp³-hybridized carbons (Fsp3) is 0.844. The van der Waals surface area contributed by atoms with Crippen molar-refractivity contribution in [3.8, 4) is 0 Å². The zero-order valence-corrected chi connectivity index (χ0v) is 78.9. The van der Waals surface area contributed by atoms with E-state index in [4.69, 9.17) is 42.6 Å². The van der Waals surface area contributed by atoms with Crippen molar-refractivity contribution < 1.29 is 85.8 Å². The number of rotatable bonds is 36. The molecule has 5 heterocycles. The molecule has 0 amide bonds. The van der Waals surface area contributed by atoms with Crippen molar-refractivity contribution in [2.45, 2.75) is 472 Å². The number of carbonyl (C=O) groups is 9. The largest absolute Gasteiger partial charge is 0.462 e. The summed E-state index contributed by atoms with van der Waals surface area (Å²) in [6, 6.07) is 3.75. The molecule has 678 valence electrons. The van der Waals surface area contributed by atoms with Crippen molar-refractivity contribution >= 4 is 53.7 Å². The van der Waals surface area contributed by atoms with Gasteiger partial charge in [0, 0.05) is 120 Å². The maximum atomic E-state index is 15.5. The van der Waals surface area contributed by atoms with Crippen molar-refractivity contribution in [2.24, 2.45) is 27.1 Å².